The van der Waals surface area contributed by atoms with Crippen molar-refractivity contribution in [2.75, 3.05) is 0 Å². The Morgan fingerprint density at radius 3 is 1.94 bits per heavy atom. The second-order valence-corrected chi connectivity index (χ2v) is 14.9. The molecule has 0 fully saturated rings. The lowest BCUT2D eigenvalue weighted by Gasteiger charge is -2.21. The van der Waals surface area contributed by atoms with Crippen LogP contribution in [-0.4, -0.2) is 26.6 Å². The summed E-state index contributed by atoms with van der Waals surface area (Å²) in [6.07, 6.45) is 1.76. The normalized spacial score (nSPS) is 12.4. The molecule has 0 aliphatic carbocycles. The lowest BCUT2D eigenvalue weighted by atomic mass is 10.4. The fraction of sp³-hybridized carbons (Fsp3) is 0.636. The number of aromatic nitrogens is 2. The Labute approximate surface area is 106 Å². The van der Waals surface area contributed by atoms with E-state index in [0.29, 0.717) is 11.9 Å². The highest BCUT2D eigenvalue weighted by Gasteiger charge is 2.21. The Kier molecular flexibility index (Phi) is 3.98. The van der Waals surface area contributed by atoms with Gasteiger partial charge in [-0.1, -0.05) is 0 Å². The van der Waals surface area contributed by atoms with Gasteiger partial charge in [-0.05, 0) is 46.2 Å². The molecular weight excluding hydrogens is 251 g/mol. The highest BCUT2D eigenvalue weighted by molar-refractivity contribution is 6.70. The summed E-state index contributed by atoms with van der Waals surface area (Å²) >= 11 is 0. The number of hydrogen-bond donors (Lipinski definition) is 0. The Hall–Kier alpha value is -0.886. The molecule has 0 atom stereocenters. The monoisotopic (exact) mass is 273 g/mol. The fourth-order valence-corrected chi connectivity index (χ4v) is 2.56. The van der Waals surface area contributed by atoms with Crippen molar-refractivity contribution < 1.29 is 8.85 Å². The summed E-state index contributed by atoms with van der Waals surface area (Å²) in [5.41, 5.74) is 0.954. The summed E-state index contributed by atoms with van der Waals surface area (Å²) < 4.78 is 11.7. The van der Waals surface area contributed by atoms with Gasteiger partial charge in [0.25, 0.3) is 0 Å². The first-order chi connectivity index (χ1) is 7.57. The van der Waals surface area contributed by atoms with Crippen LogP contribution in [-0.2, 0) is 0 Å². The number of aryl methyl sites for hydroxylation is 1. The third kappa shape index (κ3) is 5.31. The van der Waals surface area contributed by atoms with Crippen LogP contribution in [0.4, 0.5) is 0 Å². The summed E-state index contributed by atoms with van der Waals surface area (Å²) in [6.45, 7) is 14.7. The van der Waals surface area contributed by atoms with Gasteiger partial charge in [-0.15, -0.1) is 0 Å². The molecule has 17 heavy (non-hydrogen) atoms. The fourth-order valence-electron chi connectivity index (χ4n) is 1.13. The van der Waals surface area contributed by atoms with Crippen LogP contribution in [0.1, 0.15) is 5.56 Å². The van der Waals surface area contributed by atoms with Crippen molar-refractivity contribution in [3.05, 3.63) is 11.8 Å². The number of rotatable bonds is 4. The molecule has 1 aromatic rings. The number of hydrogen-bond acceptors (Lipinski definition) is 4. The molecular formula is C11H22N2O2Si2. The van der Waals surface area contributed by atoms with E-state index in [1.54, 1.807) is 6.20 Å². The molecule has 0 saturated carbocycles. The van der Waals surface area contributed by atoms with E-state index in [2.05, 4.69) is 49.3 Å². The van der Waals surface area contributed by atoms with Gasteiger partial charge in [0.15, 0.2) is 0 Å². The molecule has 0 aliphatic rings. The molecule has 1 rings (SSSR count). The van der Waals surface area contributed by atoms with E-state index in [4.69, 9.17) is 8.85 Å². The van der Waals surface area contributed by atoms with E-state index in [0.717, 1.165) is 5.56 Å². The molecule has 1 aromatic heterocycles. The van der Waals surface area contributed by atoms with Crippen molar-refractivity contribution in [3.63, 3.8) is 0 Å². The smallest absolute Gasteiger partial charge is 0.305 e. The van der Waals surface area contributed by atoms with Gasteiger partial charge < -0.3 is 8.85 Å². The van der Waals surface area contributed by atoms with Crippen LogP contribution < -0.4 is 8.85 Å². The lowest BCUT2D eigenvalue weighted by molar-refractivity contribution is 0.472. The predicted octanol–water partition coefficient (Wildman–Crippen LogP) is 3.21. The molecule has 0 aromatic carbocycles. The van der Waals surface area contributed by atoms with Crippen molar-refractivity contribution in [2.24, 2.45) is 0 Å². The zero-order valence-electron chi connectivity index (χ0n) is 11.8. The first-order valence-electron chi connectivity index (χ1n) is 5.78. The maximum absolute atomic E-state index is 5.91. The quantitative estimate of drug-likeness (QED) is 0.790. The Morgan fingerprint density at radius 1 is 0.941 bits per heavy atom. The van der Waals surface area contributed by atoms with Gasteiger partial charge in [-0.25, -0.2) is 4.98 Å². The minimum Gasteiger partial charge on any atom is -0.531 e. The summed E-state index contributed by atoms with van der Waals surface area (Å²) in [5.74, 6) is 0.660. The molecule has 1 heterocycles. The van der Waals surface area contributed by atoms with Crippen molar-refractivity contribution in [1.29, 1.82) is 0 Å². The summed E-state index contributed by atoms with van der Waals surface area (Å²) in [4.78, 5) is 8.55. The Morgan fingerprint density at radius 2 is 1.47 bits per heavy atom. The first kappa shape index (κ1) is 14.2. The van der Waals surface area contributed by atoms with Crippen LogP contribution in [0.5, 0.6) is 11.9 Å². The van der Waals surface area contributed by atoms with Crippen molar-refractivity contribution in [3.8, 4) is 11.9 Å². The maximum Gasteiger partial charge on any atom is 0.305 e. The average Bonchev–Trinajstić information content (AvgIpc) is 2.05. The number of nitrogens with zero attached hydrogens (tertiary/aromatic N) is 2. The largest absolute Gasteiger partial charge is 0.531 e. The predicted molar refractivity (Wildman–Crippen MR) is 74.7 cm³/mol. The van der Waals surface area contributed by atoms with Crippen molar-refractivity contribution in [2.45, 2.75) is 46.2 Å². The molecule has 0 unspecified atom stereocenters. The van der Waals surface area contributed by atoms with E-state index in [1.807, 2.05) is 6.92 Å². The van der Waals surface area contributed by atoms with Gasteiger partial charge in [-0.3, -0.25) is 0 Å². The Bertz CT molecular complexity index is 397. The van der Waals surface area contributed by atoms with Gasteiger partial charge in [-0.2, -0.15) is 4.98 Å². The third-order valence-corrected chi connectivity index (χ3v) is 3.30. The molecule has 0 radical (unpaired) electrons. The summed E-state index contributed by atoms with van der Waals surface area (Å²) in [6, 6.07) is 0.433. The van der Waals surface area contributed by atoms with Crippen LogP contribution in [0, 0.1) is 6.92 Å². The highest BCUT2D eigenvalue weighted by Crippen LogP contribution is 2.21. The van der Waals surface area contributed by atoms with E-state index in [-0.39, 0.29) is 0 Å². The van der Waals surface area contributed by atoms with Gasteiger partial charge >= 0.3 is 6.01 Å². The van der Waals surface area contributed by atoms with E-state index in [1.165, 1.54) is 0 Å². The van der Waals surface area contributed by atoms with Crippen LogP contribution in [0.3, 0.4) is 0 Å². The van der Waals surface area contributed by atoms with E-state index in [9.17, 15) is 0 Å². The van der Waals surface area contributed by atoms with Crippen LogP contribution in [0.25, 0.3) is 0 Å². The molecule has 0 bridgehead atoms. The van der Waals surface area contributed by atoms with Crippen LogP contribution in [0.15, 0.2) is 6.20 Å². The highest BCUT2D eigenvalue weighted by atomic mass is 28.4. The van der Waals surface area contributed by atoms with Gasteiger partial charge in [0.05, 0.1) is 0 Å². The zero-order chi connectivity index (χ0) is 13.3. The SMILES string of the molecule is Cc1c[15n][13c](O[Si](C)(C)C)[15n]c1O[Si](C)(C)C. The molecule has 6 heteroatoms. The molecule has 0 N–H and O–H groups in total. The summed E-state index contributed by atoms with van der Waals surface area (Å²) in [5, 5.41) is 0. The first-order valence-corrected chi connectivity index (χ1v) is 12.6. The second-order valence-electron chi connectivity index (χ2n) is 6.07. The van der Waals surface area contributed by atoms with E-state index < -0.39 is 16.6 Å². The van der Waals surface area contributed by atoms with Gasteiger partial charge in [0, 0.05) is 11.8 Å². The molecule has 4 nitrogen and oxygen atoms in total. The minimum absolute atomic E-state index is 0.433. The summed E-state index contributed by atoms with van der Waals surface area (Å²) in [7, 11) is -3.31. The molecule has 0 spiro atoms. The third-order valence-electron chi connectivity index (χ3n) is 1.70. The standard InChI is InChI=1S/C11H22N2O2Si2/c1-9-8-12-11(15-17(5,6)7)13-10(9)14-16(2,3)4/h8H,1-7H3/i11+1,12+1,13+1. The topological polar surface area (TPSA) is 44.2 Å². The van der Waals surface area contributed by atoms with Crippen LogP contribution >= 0.6 is 0 Å². The second kappa shape index (κ2) is 4.77. The molecule has 96 valence electrons. The zero-order valence-corrected chi connectivity index (χ0v) is 13.8. The van der Waals surface area contributed by atoms with E-state index >= 15 is 0 Å². The molecule has 0 amide bonds. The molecule has 0 aliphatic heterocycles. The average molecular weight is 273 g/mol. The molecule has 0 saturated heterocycles. The van der Waals surface area contributed by atoms with Crippen molar-refractivity contribution >= 4 is 16.6 Å². The van der Waals surface area contributed by atoms with Gasteiger partial charge in [0.2, 0.25) is 22.5 Å². The maximum atomic E-state index is 5.91. The lowest BCUT2D eigenvalue weighted by Crippen LogP contribution is -2.32. The van der Waals surface area contributed by atoms with Crippen LogP contribution in [0.2, 0.25) is 39.3 Å². The Balaban J connectivity index is 2.95. The minimum atomic E-state index is -1.67. The van der Waals surface area contributed by atoms with Gasteiger partial charge in [0.1, 0.15) is 0 Å². The van der Waals surface area contributed by atoms with Crippen molar-refractivity contribution in [1.82, 2.24) is 9.97 Å².